The lowest BCUT2D eigenvalue weighted by atomic mass is 10.1. The fraction of sp³-hybridized carbons (Fsp3) is 0.200. The van der Waals surface area contributed by atoms with Crippen molar-refractivity contribution in [3.63, 3.8) is 0 Å². The molecule has 0 saturated carbocycles. The minimum absolute atomic E-state index is 0.345. The number of amidine groups is 1. The van der Waals surface area contributed by atoms with Crippen molar-refractivity contribution in [1.29, 1.82) is 0 Å². The Morgan fingerprint density at radius 3 is 2.53 bits per heavy atom. The Morgan fingerprint density at radius 2 is 1.89 bits per heavy atom. The van der Waals surface area contributed by atoms with Crippen LogP contribution in [0.4, 0.5) is 0 Å². The molecule has 0 saturated heterocycles. The van der Waals surface area contributed by atoms with E-state index in [-0.39, 0.29) is 0 Å². The zero-order valence-corrected chi connectivity index (χ0v) is 10.4. The van der Waals surface area contributed by atoms with Gasteiger partial charge in [0, 0.05) is 24.2 Å². The summed E-state index contributed by atoms with van der Waals surface area (Å²) in [6, 6.07) is 11.4. The molecular formula is C15H14N2O2. The molecule has 0 atom stereocenters. The van der Waals surface area contributed by atoms with Crippen molar-refractivity contribution >= 4 is 12.1 Å². The maximum Gasteiger partial charge on any atom is 0.185 e. The van der Waals surface area contributed by atoms with Crippen molar-refractivity contribution in [2.24, 2.45) is 4.99 Å². The molecule has 0 fully saturated rings. The quantitative estimate of drug-likeness (QED) is 0.856. The number of carbonyl (C=O) groups is 1. The number of benzene rings is 1. The van der Waals surface area contributed by atoms with Gasteiger partial charge in [-0.25, -0.2) is 0 Å². The van der Waals surface area contributed by atoms with Gasteiger partial charge in [-0.15, -0.1) is 0 Å². The second kappa shape index (κ2) is 5.10. The summed E-state index contributed by atoms with van der Waals surface area (Å²) in [7, 11) is 0. The van der Waals surface area contributed by atoms with Gasteiger partial charge in [0.25, 0.3) is 0 Å². The van der Waals surface area contributed by atoms with Gasteiger partial charge >= 0.3 is 0 Å². The van der Waals surface area contributed by atoms with Gasteiger partial charge in [-0.2, -0.15) is 0 Å². The Labute approximate surface area is 111 Å². The van der Waals surface area contributed by atoms with E-state index in [4.69, 9.17) is 4.42 Å². The zero-order chi connectivity index (χ0) is 13.1. The Kier molecular flexibility index (Phi) is 3.14. The number of hydrogen-bond acceptors (Lipinski definition) is 4. The molecule has 3 rings (SSSR count). The predicted molar refractivity (Wildman–Crippen MR) is 73.6 cm³/mol. The molecular weight excluding hydrogens is 240 g/mol. The molecule has 1 aliphatic rings. The summed E-state index contributed by atoms with van der Waals surface area (Å²) in [5.74, 6) is 2.00. The summed E-state index contributed by atoms with van der Waals surface area (Å²) in [5, 5.41) is 3.29. The van der Waals surface area contributed by atoms with E-state index in [1.54, 1.807) is 12.1 Å². The van der Waals surface area contributed by atoms with Gasteiger partial charge in [-0.05, 0) is 18.6 Å². The maximum absolute atomic E-state index is 10.6. The van der Waals surface area contributed by atoms with Gasteiger partial charge in [0.2, 0.25) is 0 Å². The summed E-state index contributed by atoms with van der Waals surface area (Å²) in [6.45, 7) is 1.85. The topological polar surface area (TPSA) is 54.6 Å². The number of aldehydes is 1. The van der Waals surface area contributed by atoms with Crippen LogP contribution in [0.25, 0.3) is 11.3 Å². The maximum atomic E-state index is 10.6. The fourth-order valence-corrected chi connectivity index (χ4v) is 2.09. The van der Waals surface area contributed by atoms with Crippen LogP contribution >= 0.6 is 0 Å². The van der Waals surface area contributed by atoms with Crippen molar-refractivity contribution in [3.8, 4) is 11.3 Å². The van der Waals surface area contributed by atoms with Gasteiger partial charge in [-0.1, -0.05) is 24.3 Å². The third kappa shape index (κ3) is 2.42. The molecule has 2 heterocycles. The lowest BCUT2D eigenvalue weighted by Gasteiger charge is -2.14. The van der Waals surface area contributed by atoms with Gasteiger partial charge in [0.1, 0.15) is 11.6 Å². The Hall–Kier alpha value is -2.36. The Bertz CT molecular complexity index is 611. The molecule has 0 amide bonds. The molecule has 1 aliphatic heterocycles. The standard InChI is InChI=1S/C15H14N2O2/c18-10-13-6-7-14(19-13)11-2-4-12(5-3-11)15-16-8-1-9-17-15/h2-7,10H,1,8-9H2,(H,16,17). The molecule has 0 bridgehead atoms. The summed E-state index contributed by atoms with van der Waals surface area (Å²) in [5.41, 5.74) is 2.03. The monoisotopic (exact) mass is 254 g/mol. The lowest BCUT2D eigenvalue weighted by Crippen LogP contribution is -2.30. The van der Waals surface area contributed by atoms with E-state index in [9.17, 15) is 4.79 Å². The first-order chi connectivity index (χ1) is 9.36. The van der Waals surface area contributed by atoms with E-state index < -0.39 is 0 Å². The van der Waals surface area contributed by atoms with E-state index in [1.807, 2.05) is 24.3 Å². The first kappa shape index (κ1) is 11.7. The molecule has 2 aromatic rings. The molecule has 1 aromatic heterocycles. The van der Waals surface area contributed by atoms with Crippen LogP contribution in [0.3, 0.4) is 0 Å². The minimum Gasteiger partial charge on any atom is -0.453 e. The highest BCUT2D eigenvalue weighted by Gasteiger charge is 2.08. The van der Waals surface area contributed by atoms with Crippen molar-refractivity contribution in [2.45, 2.75) is 6.42 Å². The average Bonchev–Trinajstić information content (AvgIpc) is 2.97. The summed E-state index contributed by atoms with van der Waals surface area (Å²) in [6.07, 6.45) is 1.79. The van der Waals surface area contributed by atoms with Crippen LogP contribution in [0.5, 0.6) is 0 Å². The SMILES string of the molecule is O=Cc1ccc(-c2ccc(C3=NCCCN3)cc2)o1. The lowest BCUT2D eigenvalue weighted by molar-refractivity contribution is 0.110. The molecule has 1 N–H and O–H groups in total. The second-order valence-electron chi connectivity index (χ2n) is 4.41. The fourth-order valence-electron chi connectivity index (χ4n) is 2.09. The molecule has 4 nitrogen and oxygen atoms in total. The first-order valence-corrected chi connectivity index (χ1v) is 6.31. The van der Waals surface area contributed by atoms with Crippen molar-refractivity contribution in [1.82, 2.24) is 5.32 Å². The highest BCUT2D eigenvalue weighted by atomic mass is 16.3. The molecule has 0 spiro atoms. The third-order valence-corrected chi connectivity index (χ3v) is 3.08. The van der Waals surface area contributed by atoms with Crippen LogP contribution in [-0.4, -0.2) is 25.2 Å². The van der Waals surface area contributed by atoms with Crippen LogP contribution in [0.1, 0.15) is 22.5 Å². The number of furan rings is 1. The highest BCUT2D eigenvalue weighted by Crippen LogP contribution is 2.22. The number of carbonyl (C=O) groups excluding carboxylic acids is 1. The number of rotatable bonds is 3. The molecule has 19 heavy (non-hydrogen) atoms. The van der Waals surface area contributed by atoms with Gasteiger partial charge in [0.15, 0.2) is 12.0 Å². The molecule has 0 radical (unpaired) electrons. The number of nitrogens with one attached hydrogen (secondary N) is 1. The number of nitrogens with zero attached hydrogens (tertiary/aromatic N) is 1. The van der Waals surface area contributed by atoms with Crippen molar-refractivity contribution in [2.75, 3.05) is 13.1 Å². The zero-order valence-electron chi connectivity index (χ0n) is 10.4. The second-order valence-corrected chi connectivity index (χ2v) is 4.41. The smallest absolute Gasteiger partial charge is 0.185 e. The Balaban J connectivity index is 1.85. The highest BCUT2D eigenvalue weighted by molar-refractivity contribution is 5.99. The number of hydrogen-bond donors (Lipinski definition) is 1. The summed E-state index contributed by atoms with van der Waals surface area (Å²) < 4.78 is 5.39. The van der Waals surface area contributed by atoms with Crippen LogP contribution in [0, 0.1) is 0 Å². The van der Waals surface area contributed by atoms with Crippen LogP contribution in [0.2, 0.25) is 0 Å². The van der Waals surface area contributed by atoms with E-state index in [0.717, 1.165) is 36.5 Å². The van der Waals surface area contributed by atoms with E-state index >= 15 is 0 Å². The van der Waals surface area contributed by atoms with Crippen LogP contribution < -0.4 is 5.32 Å². The minimum atomic E-state index is 0.345. The molecule has 0 aliphatic carbocycles. The predicted octanol–water partition coefficient (Wildman–Crippen LogP) is 2.50. The van der Waals surface area contributed by atoms with Gasteiger partial charge < -0.3 is 9.73 Å². The molecule has 1 aromatic carbocycles. The van der Waals surface area contributed by atoms with Crippen molar-refractivity contribution < 1.29 is 9.21 Å². The molecule has 4 heteroatoms. The van der Waals surface area contributed by atoms with Crippen molar-refractivity contribution in [3.05, 3.63) is 47.7 Å². The third-order valence-electron chi connectivity index (χ3n) is 3.08. The van der Waals surface area contributed by atoms with E-state index in [0.29, 0.717) is 17.8 Å². The molecule has 96 valence electrons. The van der Waals surface area contributed by atoms with Crippen LogP contribution in [-0.2, 0) is 0 Å². The summed E-state index contributed by atoms with van der Waals surface area (Å²) in [4.78, 5) is 15.0. The number of aliphatic imine (C=N–C) groups is 1. The van der Waals surface area contributed by atoms with Crippen LogP contribution in [0.15, 0.2) is 45.8 Å². The summed E-state index contributed by atoms with van der Waals surface area (Å²) >= 11 is 0. The van der Waals surface area contributed by atoms with E-state index in [1.165, 1.54) is 0 Å². The first-order valence-electron chi connectivity index (χ1n) is 6.31. The normalized spacial score (nSPS) is 14.6. The van der Waals surface area contributed by atoms with E-state index in [2.05, 4.69) is 10.3 Å². The van der Waals surface area contributed by atoms with Gasteiger partial charge in [-0.3, -0.25) is 9.79 Å². The Morgan fingerprint density at radius 1 is 1.11 bits per heavy atom. The largest absolute Gasteiger partial charge is 0.453 e. The molecule has 0 unspecified atom stereocenters. The average molecular weight is 254 g/mol. The van der Waals surface area contributed by atoms with Gasteiger partial charge in [0.05, 0.1) is 0 Å².